The Hall–Kier alpha value is -4.01. The van der Waals surface area contributed by atoms with Gasteiger partial charge in [0.15, 0.2) is 0 Å². The second-order valence-electron chi connectivity index (χ2n) is 9.48. The Kier molecular flexibility index (Phi) is 8.28. The van der Waals surface area contributed by atoms with Crippen molar-refractivity contribution in [1.29, 1.82) is 0 Å². The number of anilines is 1. The Morgan fingerprint density at radius 3 is 2.60 bits per heavy atom. The van der Waals surface area contributed by atoms with Gasteiger partial charge in [0.2, 0.25) is 5.91 Å². The van der Waals surface area contributed by atoms with Crippen LogP contribution in [-0.2, 0) is 16.2 Å². The fraction of sp³-hybridized carbons (Fsp3) is 0.233. The fourth-order valence-corrected chi connectivity index (χ4v) is 5.41. The van der Waals surface area contributed by atoms with Gasteiger partial charge in [-0.05, 0) is 42.3 Å². The maximum atomic E-state index is 13.5. The number of nitrogens with one attached hydrogen (secondary N) is 2. The summed E-state index contributed by atoms with van der Waals surface area (Å²) in [7, 11) is 0. The van der Waals surface area contributed by atoms with Gasteiger partial charge in [-0.1, -0.05) is 65.7 Å². The van der Waals surface area contributed by atoms with Crippen molar-refractivity contribution in [3.8, 4) is 5.75 Å². The van der Waals surface area contributed by atoms with Crippen molar-refractivity contribution >= 4 is 46.7 Å². The van der Waals surface area contributed by atoms with Crippen molar-refractivity contribution in [2.45, 2.75) is 26.0 Å². The number of benzene rings is 3. The van der Waals surface area contributed by atoms with E-state index in [1.165, 1.54) is 0 Å². The molecule has 2 aliphatic rings. The lowest BCUT2D eigenvalue weighted by molar-refractivity contribution is -0.126. The SMILES string of the molecule is CCN1C(=O)N[C@H](c2ccc(Cl)cc2Cl)C2=C1CN(CCC(=O)Nc1cccc(OCc3ccccc3)c1)C2=O. The van der Waals surface area contributed by atoms with Crippen LogP contribution in [0.2, 0.25) is 10.0 Å². The number of likely N-dealkylation sites (N-methyl/N-ethyl adjacent to an activating group) is 1. The summed E-state index contributed by atoms with van der Waals surface area (Å²) >= 11 is 12.5. The van der Waals surface area contributed by atoms with Gasteiger partial charge in [0.05, 0.1) is 23.9 Å². The van der Waals surface area contributed by atoms with Crippen LogP contribution < -0.4 is 15.4 Å². The monoisotopic (exact) mass is 578 g/mol. The van der Waals surface area contributed by atoms with Crippen molar-refractivity contribution in [2.75, 3.05) is 25.0 Å². The molecule has 5 rings (SSSR count). The zero-order valence-corrected chi connectivity index (χ0v) is 23.3. The molecule has 0 saturated heterocycles. The van der Waals surface area contributed by atoms with E-state index >= 15 is 0 Å². The van der Waals surface area contributed by atoms with Crippen LogP contribution >= 0.6 is 23.2 Å². The Labute approximate surface area is 242 Å². The van der Waals surface area contributed by atoms with E-state index in [2.05, 4.69) is 10.6 Å². The summed E-state index contributed by atoms with van der Waals surface area (Å²) in [6, 6.07) is 21.0. The average Bonchev–Trinajstić information content (AvgIpc) is 3.27. The highest BCUT2D eigenvalue weighted by molar-refractivity contribution is 6.35. The van der Waals surface area contributed by atoms with E-state index in [9.17, 15) is 14.4 Å². The van der Waals surface area contributed by atoms with E-state index in [0.29, 0.717) is 51.5 Å². The average molecular weight is 579 g/mol. The standard InChI is InChI=1S/C30H28Cl2N4O4/c1-2-36-25-17-35(29(38)27(25)28(34-30(36)39)23-12-11-20(31)15-24(23)32)14-13-26(37)33-21-9-6-10-22(16-21)40-18-19-7-4-3-5-8-19/h3-12,15-16,28H,2,13-14,17-18H2,1H3,(H,33,37)(H,34,39)/t28-/m1/s1. The highest BCUT2D eigenvalue weighted by Crippen LogP contribution is 2.39. The molecule has 206 valence electrons. The number of nitrogens with zero attached hydrogens (tertiary/aromatic N) is 2. The first-order chi connectivity index (χ1) is 19.3. The zero-order valence-electron chi connectivity index (χ0n) is 21.8. The summed E-state index contributed by atoms with van der Waals surface area (Å²) < 4.78 is 5.85. The van der Waals surface area contributed by atoms with Crippen LogP contribution in [0, 0.1) is 0 Å². The first-order valence-corrected chi connectivity index (χ1v) is 13.7. The lowest BCUT2D eigenvalue weighted by atomic mass is 9.95. The third-order valence-electron chi connectivity index (χ3n) is 6.86. The maximum absolute atomic E-state index is 13.5. The molecule has 0 radical (unpaired) electrons. The van der Waals surface area contributed by atoms with E-state index in [4.69, 9.17) is 27.9 Å². The summed E-state index contributed by atoms with van der Waals surface area (Å²) in [4.78, 5) is 42.4. The van der Waals surface area contributed by atoms with Gasteiger partial charge in [0.25, 0.3) is 5.91 Å². The van der Waals surface area contributed by atoms with E-state index in [-0.39, 0.29) is 37.4 Å². The maximum Gasteiger partial charge on any atom is 0.322 e. The second-order valence-corrected chi connectivity index (χ2v) is 10.3. The van der Waals surface area contributed by atoms with Crippen molar-refractivity contribution < 1.29 is 19.1 Å². The molecule has 0 unspecified atom stereocenters. The number of urea groups is 1. The third kappa shape index (κ3) is 5.93. The van der Waals surface area contributed by atoms with Crippen molar-refractivity contribution in [3.63, 3.8) is 0 Å². The number of ether oxygens (including phenoxy) is 1. The number of carbonyl (C=O) groups excluding carboxylic acids is 3. The van der Waals surface area contributed by atoms with E-state index < -0.39 is 6.04 Å². The summed E-state index contributed by atoms with van der Waals surface area (Å²) in [5, 5.41) is 6.60. The minimum absolute atomic E-state index is 0.0846. The Morgan fingerprint density at radius 2 is 1.85 bits per heavy atom. The number of hydrogen-bond acceptors (Lipinski definition) is 4. The van der Waals surface area contributed by atoms with Crippen molar-refractivity contribution in [3.05, 3.63) is 105 Å². The Morgan fingerprint density at radius 1 is 1.05 bits per heavy atom. The first kappa shape index (κ1) is 27.6. The van der Waals surface area contributed by atoms with Gasteiger partial charge in [0, 0.05) is 41.3 Å². The predicted octanol–water partition coefficient (Wildman–Crippen LogP) is 5.78. The number of halogens is 2. The van der Waals surface area contributed by atoms with Gasteiger partial charge in [-0.15, -0.1) is 0 Å². The normalized spacial score (nSPS) is 16.6. The number of carbonyl (C=O) groups is 3. The van der Waals surface area contributed by atoms with Gasteiger partial charge in [-0.25, -0.2) is 4.79 Å². The van der Waals surface area contributed by atoms with E-state index in [1.54, 1.807) is 40.1 Å². The van der Waals surface area contributed by atoms with Crippen LogP contribution in [0.3, 0.4) is 0 Å². The van der Waals surface area contributed by atoms with Gasteiger partial charge < -0.3 is 20.3 Å². The summed E-state index contributed by atoms with van der Waals surface area (Å²) in [5.41, 5.74) is 3.31. The van der Waals surface area contributed by atoms with Crippen LogP contribution in [0.1, 0.15) is 30.5 Å². The predicted molar refractivity (Wildman–Crippen MR) is 154 cm³/mol. The minimum atomic E-state index is -0.708. The molecule has 3 aromatic carbocycles. The molecule has 4 amide bonds. The van der Waals surface area contributed by atoms with Crippen LogP contribution in [0.4, 0.5) is 10.5 Å². The van der Waals surface area contributed by atoms with Crippen LogP contribution in [0.5, 0.6) is 5.75 Å². The van der Waals surface area contributed by atoms with E-state index in [0.717, 1.165) is 5.56 Å². The summed E-state index contributed by atoms with van der Waals surface area (Å²) in [6.45, 7) is 3.08. The lowest BCUT2D eigenvalue weighted by Gasteiger charge is -2.33. The van der Waals surface area contributed by atoms with Gasteiger partial charge in [0.1, 0.15) is 12.4 Å². The molecule has 3 aromatic rings. The molecule has 2 heterocycles. The first-order valence-electron chi connectivity index (χ1n) is 13.0. The fourth-order valence-electron chi connectivity index (χ4n) is 4.90. The Bertz CT molecular complexity index is 1480. The van der Waals surface area contributed by atoms with Gasteiger partial charge in [-0.3, -0.25) is 14.5 Å². The van der Waals surface area contributed by atoms with Crippen molar-refractivity contribution in [1.82, 2.24) is 15.1 Å². The highest BCUT2D eigenvalue weighted by atomic mass is 35.5. The number of hydrogen-bond donors (Lipinski definition) is 2. The molecule has 2 aliphatic heterocycles. The molecule has 1 atom stereocenters. The van der Waals surface area contributed by atoms with Crippen LogP contribution in [0.25, 0.3) is 0 Å². The smallest absolute Gasteiger partial charge is 0.322 e. The van der Waals surface area contributed by atoms with Crippen molar-refractivity contribution in [2.24, 2.45) is 0 Å². The Balaban J connectivity index is 1.23. The molecule has 8 nitrogen and oxygen atoms in total. The second kappa shape index (κ2) is 12.0. The summed E-state index contributed by atoms with van der Waals surface area (Å²) in [6.07, 6.45) is 0.0846. The molecule has 0 spiro atoms. The third-order valence-corrected chi connectivity index (χ3v) is 7.42. The molecular formula is C30H28Cl2N4O4. The molecule has 2 N–H and O–H groups in total. The molecule has 40 heavy (non-hydrogen) atoms. The lowest BCUT2D eigenvalue weighted by Crippen LogP contribution is -2.47. The van der Waals surface area contributed by atoms with Crippen LogP contribution in [0.15, 0.2) is 84.1 Å². The van der Waals surface area contributed by atoms with Gasteiger partial charge in [-0.2, -0.15) is 0 Å². The molecule has 0 aliphatic carbocycles. The molecule has 10 heteroatoms. The zero-order chi connectivity index (χ0) is 28.2. The van der Waals surface area contributed by atoms with E-state index in [1.807, 2.05) is 49.4 Å². The topological polar surface area (TPSA) is 91.0 Å². The van der Waals surface area contributed by atoms with Gasteiger partial charge >= 0.3 is 6.03 Å². The highest BCUT2D eigenvalue weighted by Gasteiger charge is 2.44. The largest absolute Gasteiger partial charge is 0.489 e. The molecule has 0 bridgehead atoms. The molecular weight excluding hydrogens is 551 g/mol. The number of amides is 4. The molecule has 0 aromatic heterocycles. The quantitative estimate of drug-likeness (QED) is 0.336. The number of rotatable bonds is 9. The summed E-state index contributed by atoms with van der Waals surface area (Å²) in [5.74, 6) is 0.155. The van der Waals surface area contributed by atoms with Crippen LogP contribution in [-0.4, -0.2) is 47.3 Å². The molecule has 0 fully saturated rings. The molecule has 0 saturated carbocycles. The minimum Gasteiger partial charge on any atom is -0.489 e.